The average molecular weight is 401 g/mol. The van der Waals surface area contributed by atoms with Crippen LogP contribution in [0.1, 0.15) is 63.7 Å². The number of carbonyl (C=O) groups is 1. The molecule has 1 fully saturated rings. The third-order valence-corrected chi connectivity index (χ3v) is 8.46. The minimum absolute atomic E-state index is 0.0243. The van der Waals surface area contributed by atoms with Gasteiger partial charge in [-0.05, 0) is 37.3 Å². The standard InChI is InChI=1S/C19H32N2O3S2/c1-3-5-9-16(4-2)15-20-18(22)14-17-10-11-19(25-17)26(23,24)21-12-7-6-8-13-21/h10-11,16H,3-9,12-15H2,1-2H3,(H,20,22). The average Bonchev–Trinajstić information content (AvgIpc) is 3.12. The van der Waals surface area contributed by atoms with E-state index in [2.05, 4.69) is 19.2 Å². The molecule has 0 aromatic carbocycles. The van der Waals surface area contributed by atoms with Crippen molar-refractivity contribution in [3.8, 4) is 0 Å². The summed E-state index contributed by atoms with van der Waals surface area (Å²) < 4.78 is 27.3. The van der Waals surface area contributed by atoms with E-state index in [9.17, 15) is 13.2 Å². The van der Waals surface area contributed by atoms with E-state index in [0.717, 1.165) is 37.0 Å². The molecule has 0 aliphatic carbocycles. The zero-order valence-corrected chi connectivity index (χ0v) is 17.6. The highest BCUT2D eigenvalue weighted by Gasteiger charge is 2.27. The fraction of sp³-hybridized carbons (Fsp3) is 0.737. The number of thiophene rings is 1. The number of nitrogens with one attached hydrogen (secondary N) is 1. The Morgan fingerprint density at radius 1 is 1.23 bits per heavy atom. The molecular formula is C19H32N2O3S2. The molecule has 0 saturated carbocycles. The maximum atomic E-state index is 12.7. The number of unbranched alkanes of at least 4 members (excludes halogenated alkanes) is 1. The molecule has 7 heteroatoms. The van der Waals surface area contributed by atoms with E-state index in [-0.39, 0.29) is 12.3 Å². The summed E-state index contributed by atoms with van der Waals surface area (Å²) in [6, 6.07) is 3.42. The maximum Gasteiger partial charge on any atom is 0.252 e. The molecule has 148 valence electrons. The van der Waals surface area contributed by atoms with Crippen LogP contribution < -0.4 is 5.32 Å². The summed E-state index contributed by atoms with van der Waals surface area (Å²) >= 11 is 1.23. The summed E-state index contributed by atoms with van der Waals surface area (Å²) in [6.07, 6.45) is 7.78. The number of nitrogens with zero attached hydrogens (tertiary/aromatic N) is 1. The summed E-state index contributed by atoms with van der Waals surface area (Å²) in [6.45, 7) is 6.25. The van der Waals surface area contributed by atoms with Crippen LogP contribution in [0.25, 0.3) is 0 Å². The van der Waals surface area contributed by atoms with E-state index in [0.29, 0.717) is 29.8 Å². The predicted octanol–water partition coefficient (Wildman–Crippen LogP) is 3.80. The fourth-order valence-corrected chi connectivity index (χ4v) is 6.27. The van der Waals surface area contributed by atoms with Crippen molar-refractivity contribution in [2.75, 3.05) is 19.6 Å². The van der Waals surface area contributed by atoms with Crippen LogP contribution >= 0.6 is 11.3 Å². The van der Waals surface area contributed by atoms with Crippen molar-refractivity contribution >= 4 is 27.3 Å². The van der Waals surface area contributed by atoms with Crippen molar-refractivity contribution in [1.82, 2.24) is 9.62 Å². The number of hydrogen-bond acceptors (Lipinski definition) is 4. The molecule has 1 saturated heterocycles. The van der Waals surface area contributed by atoms with E-state index >= 15 is 0 Å². The smallest absolute Gasteiger partial charge is 0.252 e. The lowest BCUT2D eigenvalue weighted by Crippen LogP contribution is -2.35. The van der Waals surface area contributed by atoms with Crippen LogP contribution in [0.5, 0.6) is 0 Å². The lowest BCUT2D eigenvalue weighted by Gasteiger charge is -2.25. The second-order valence-corrected chi connectivity index (χ2v) is 10.4. The van der Waals surface area contributed by atoms with Gasteiger partial charge in [-0.3, -0.25) is 4.79 Å². The molecule has 26 heavy (non-hydrogen) atoms. The summed E-state index contributed by atoms with van der Waals surface area (Å²) in [5, 5.41) is 3.01. The highest BCUT2D eigenvalue weighted by Crippen LogP contribution is 2.27. The van der Waals surface area contributed by atoms with Crippen molar-refractivity contribution in [1.29, 1.82) is 0 Å². The van der Waals surface area contributed by atoms with Gasteiger partial charge in [0.1, 0.15) is 4.21 Å². The Bertz CT molecular complexity index is 664. The Balaban J connectivity index is 1.88. The van der Waals surface area contributed by atoms with Gasteiger partial charge in [0, 0.05) is 24.5 Å². The number of amides is 1. The van der Waals surface area contributed by atoms with Gasteiger partial charge in [-0.25, -0.2) is 8.42 Å². The van der Waals surface area contributed by atoms with E-state index in [4.69, 9.17) is 0 Å². The van der Waals surface area contributed by atoms with Crippen LogP contribution in [-0.2, 0) is 21.2 Å². The monoisotopic (exact) mass is 400 g/mol. The highest BCUT2D eigenvalue weighted by atomic mass is 32.2. The maximum absolute atomic E-state index is 12.7. The zero-order valence-electron chi connectivity index (χ0n) is 16.0. The van der Waals surface area contributed by atoms with Crippen LogP contribution in [0, 0.1) is 5.92 Å². The van der Waals surface area contributed by atoms with Gasteiger partial charge >= 0.3 is 0 Å². The Labute approximate surface area is 162 Å². The van der Waals surface area contributed by atoms with E-state index in [1.54, 1.807) is 16.4 Å². The Morgan fingerprint density at radius 2 is 1.96 bits per heavy atom. The SMILES string of the molecule is CCCCC(CC)CNC(=O)Cc1ccc(S(=O)(=O)N2CCCCC2)s1. The molecule has 1 aromatic heterocycles. The van der Waals surface area contributed by atoms with Crippen LogP contribution in [-0.4, -0.2) is 38.3 Å². The van der Waals surface area contributed by atoms with Gasteiger partial charge < -0.3 is 5.32 Å². The molecule has 0 spiro atoms. The molecule has 0 radical (unpaired) electrons. The Kier molecular flexibility index (Phi) is 8.57. The van der Waals surface area contributed by atoms with Crippen molar-refractivity contribution in [3.05, 3.63) is 17.0 Å². The lowest BCUT2D eigenvalue weighted by atomic mass is 9.99. The summed E-state index contributed by atoms with van der Waals surface area (Å²) in [5.41, 5.74) is 0. The minimum Gasteiger partial charge on any atom is -0.356 e. The van der Waals surface area contributed by atoms with Crippen molar-refractivity contribution < 1.29 is 13.2 Å². The topological polar surface area (TPSA) is 66.5 Å². The van der Waals surface area contributed by atoms with Crippen LogP contribution in [0.4, 0.5) is 0 Å². The third-order valence-electron chi connectivity index (χ3n) is 5.01. The van der Waals surface area contributed by atoms with Crippen molar-refractivity contribution in [2.24, 2.45) is 5.92 Å². The lowest BCUT2D eigenvalue weighted by molar-refractivity contribution is -0.120. The zero-order chi connectivity index (χ0) is 19.0. The molecule has 0 bridgehead atoms. The van der Waals surface area contributed by atoms with Gasteiger partial charge in [0.25, 0.3) is 10.0 Å². The number of carbonyl (C=O) groups excluding carboxylic acids is 1. The molecule has 1 amide bonds. The van der Waals surface area contributed by atoms with Crippen LogP contribution in [0.2, 0.25) is 0 Å². The molecule has 5 nitrogen and oxygen atoms in total. The van der Waals surface area contributed by atoms with Crippen molar-refractivity contribution in [2.45, 2.75) is 69.4 Å². The second kappa shape index (κ2) is 10.4. The normalized spacial score (nSPS) is 17.2. The summed E-state index contributed by atoms with van der Waals surface area (Å²) in [7, 11) is -3.40. The number of hydrogen-bond donors (Lipinski definition) is 1. The first-order valence-corrected chi connectivity index (χ1v) is 12.1. The molecule has 1 aliphatic rings. The number of sulfonamides is 1. The molecule has 2 rings (SSSR count). The Hall–Kier alpha value is -0.920. The molecule has 1 N–H and O–H groups in total. The summed E-state index contributed by atoms with van der Waals surface area (Å²) in [5.74, 6) is 0.501. The van der Waals surface area contributed by atoms with E-state index in [1.807, 2.05) is 0 Å². The van der Waals surface area contributed by atoms with Crippen LogP contribution in [0.15, 0.2) is 16.3 Å². The molecule has 1 atom stereocenters. The number of piperidine rings is 1. The fourth-order valence-electron chi connectivity index (χ4n) is 3.25. The van der Waals surface area contributed by atoms with Gasteiger partial charge in [0.2, 0.25) is 5.91 Å². The van der Waals surface area contributed by atoms with E-state index < -0.39 is 10.0 Å². The quantitative estimate of drug-likeness (QED) is 0.650. The minimum atomic E-state index is -3.40. The van der Waals surface area contributed by atoms with E-state index in [1.165, 1.54) is 24.2 Å². The Morgan fingerprint density at radius 3 is 2.62 bits per heavy atom. The molecule has 1 aliphatic heterocycles. The first kappa shape index (κ1) is 21.4. The van der Waals surface area contributed by atoms with Gasteiger partial charge in [-0.15, -0.1) is 11.3 Å². The molecular weight excluding hydrogens is 368 g/mol. The largest absolute Gasteiger partial charge is 0.356 e. The first-order valence-electron chi connectivity index (χ1n) is 9.83. The third kappa shape index (κ3) is 6.06. The molecule has 1 unspecified atom stereocenters. The second-order valence-electron chi connectivity index (χ2n) is 7.08. The van der Waals surface area contributed by atoms with Gasteiger partial charge in [0.15, 0.2) is 0 Å². The first-order chi connectivity index (χ1) is 12.5. The van der Waals surface area contributed by atoms with Crippen molar-refractivity contribution in [3.63, 3.8) is 0 Å². The highest BCUT2D eigenvalue weighted by molar-refractivity contribution is 7.91. The van der Waals surface area contributed by atoms with Gasteiger partial charge in [0.05, 0.1) is 6.42 Å². The van der Waals surface area contributed by atoms with Gasteiger partial charge in [-0.2, -0.15) is 4.31 Å². The molecule has 1 aromatic rings. The number of rotatable bonds is 10. The van der Waals surface area contributed by atoms with Gasteiger partial charge in [-0.1, -0.05) is 39.5 Å². The predicted molar refractivity (Wildman–Crippen MR) is 107 cm³/mol. The van der Waals surface area contributed by atoms with Crippen LogP contribution in [0.3, 0.4) is 0 Å². The summed E-state index contributed by atoms with van der Waals surface area (Å²) in [4.78, 5) is 13.0. The molecule has 2 heterocycles.